The molecule has 5 nitrogen and oxygen atoms in total. The van der Waals surface area contributed by atoms with Gasteiger partial charge in [-0.15, -0.1) is 0 Å². The van der Waals surface area contributed by atoms with Crippen molar-refractivity contribution < 1.29 is 13.5 Å². The van der Waals surface area contributed by atoms with Crippen molar-refractivity contribution in [1.82, 2.24) is 0 Å². The van der Waals surface area contributed by atoms with Crippen LogP contribution in [0.2, 0.25) is 0 Å². The van der Waals surface area contributed by atoms with E-state index < -0.39 is 11.5 Å². The molecule has 132 valence electrons. The molecule has 4 atom stereocenters. The summed E-state index contributed by atoms with van der Waals surface area (Å²) in [5, 5.41) is 13.4. The molecule has 1 unspecified atom stereocenters. The maximum atomic E-state index is 13.8. The summed E-state index contributed by atoms with van der Waals surface area (Å²) in [6.07, 6.45) is 0.104. The molecule has 3 rings (SSSR count). The van der Waals surface area contributed by atoms with Crippen LogP contribution < -0.4 is 0 Å². The smallest absolute Gasteiger partial charge is 0.248 e. The van der Waals surface area contributed by atoms with Gasteiger partial charge < -0.3 is 4.74 Å². The second kappa shape index (κ2) is 6.99. The number of hydrogen-bond donors (Lipinski definition) is 0. The van der Waals surface area contributed by atoms with E-state index in [0.717, 1.165) is 5.56 Å². The van der Waals surface area contributed by atoms with Gasteiger partial charge in [-0.05, 0) is 35.8 Å². The second-order valence-corrected chi connectivity index (χ2v) is 7.06. The summed E-state index contributed by atoms with van der Waals surface area (Å²) in [5.41, 5.74) is 8.61. The lowest BCUT2D eigenvalue weighted by Crippen LogP contribution is -2.37. The molecule has 0 spiro atoms. The highest BCUT2D eigenvalue weighted by Crippen LogP contribution is 2.55. The van der Waals surface area contributed by atoms with E-state index in [9.17, 15) is 14.0 Å². The Kier molecular flexibility index (Phi) is 4.94. The normalized spacial score (nSPS) is 33.1. The van der Waals surface area contributed by atoms with Gasteiger partial charge in [0, 0.05) is 23.7 Å². The Labute approximate surface area is 145 Å². The second-order valence-electron chi connectivity index (χ2n) is 7.06. The minimum Gasteiger partial charge on any atom is -0.376 e. The van der Waals surface area contributed by atoms with Crippen LogP contribution in [0, 0.1) is 29.1 Å². The number of rotatable bonds is 5. The van der Waals surface area contributed by atoms with Crippen molar-refractivity contribution in [3.8, 4) is 6.07 Å². The van der Waals surface area contributed by atoms with Gasteiger partial charge in [0.05, 0.1) is 19.3 Å². The van der Waals surface area contributed by atoms with Gasteiger partial charge in [0.2, 0.25) is 5.92 Å². The number of fused-ring (bicyclic) bond motifs is 1. The van der Waals surface area contributed by atoms with Crippen molar-refractivity contribution in [3.05, 3.63) is 46.3 Å². The fourth-order valence-electron chi connectivity index (χ4n) is 4.39. The molecular formula is C18H20F2N4O. The molecule has 2 fully saturated rings. The minimum atomic E-state index is -2.70. The van der Waals surface area contributed by atoms with Gasteiger partial charge in [-0.2, -0.15) is 5.26 Å². The van der Waals surface area contributed by atoms with Crippen LogP contribution in [0.15, 0.2) is 35.4 Å². The predicted octanol–water partition coefficient (Wildman–Crippen LogP) is 4.85. The third kappa shape index (κ3) is 3.60. The number of nitrogens with zero attached hydrogens (tertiary/aromatic N) is 4. The summed E-state index contributed by atoms with van der Waals surface area (Å²) in [6.45, 7) is 0.608. The van der Waals surface area contributed by atoms with Gasteiger partial charge in [0.15, 0.2) is 0 Å². The topological polar surface area (TPSA) is 81.8 Å². The van der Waals surface area contributed by atoms with E-state index >= 15 is 0 Å². The Bertz CT molecular complexity index is 699. The van der Waals surface area contributed by atoms with Crippen LogP contribution in [0.25, 0.3) is 10.4 Å². The molecule has 0 heterocycles. The monoisotopic (exact) mass is 346 g/mol. The van der Waals surface area contributed by atoms with Gasteiger partial charge >= 0.3 is 0 Å². The summed E-state index contributed by atoms with van der Waals surface area (Å²) in [7, 11) is 0. The molecule has 0 aromatic heterocycles. The van der Waals surface area contributed by atoms with E-state index in [1.807, 2.05) is 30.3 Å². The van der Waals surface area contributed by atoms with E-state index in [1.54, 1.807) is 0 Å². The molecule has 2 saturated carbocycles. The largest absolute Gasteiger partial charge is 0.376 e. The van der Waals surface area contributed by atoms with Crippen molar-refractivity contribution in [2.45, 2.75) is 43.8 Å². The predicted molar refractivity (Wildman–Crippen MR) is 87.5 cm³/mol. The van der Waals surface area contributed by atoms with Crippen molar-refractivity contribution in [2.75, 3.05) is 6.61 Å². The Morgan fingerprint density at radius 3 is 2.76 bits per heavy atom. The van der Waals surface area contributed by atoms with Crippen LogP contribution in [0.4, 0.5) is 8.78 Å². The Balaban J connectivity index is 1.75. The average molecular weight is 346 g/mol. The molecule has 0 radical (unpaired) electrons. The van der Waals surface area contributed by atoms with E-state index in [-0.39, 0.29) is 43.6 Å². The van der Waals surface area contributed by atoms with Crippen LogP contribution in [0.5, 0.6) is 0 Å². The highest BCUT2D eigenvalue weighted by molar-refractivity contribution is 5.20. The lowest BCUT2D eigenvalue weighted by atomic mass is 9.75. The number of alkyl halides is 2. The summed E-state index contributed by atoms with van der Waals surface area (Å²) >= 11 is 0. The zero-order valence-electron chi connectivity index (χ0n) is 13.8. The number of hydrogen-bond acceptors (Lipinski definition) is 3. The molecular weight excluding hydrogens is 326 g/mol. The fraction of sp³-hybridized carbons (Fsp3) is 0.611. The molecule has 0 aliphatic heterocycles. The van der Waals surface area contributed by atoms with Gasteiger partial charge in [-0.3, -0.25) is 0 Å². The van der Waals surface area contributed by atoms with Crippen molar-refractivity contribution in [3.63, 3.8) is 0 Å². The lowest BCUT2D eigenvalue weighted by Gasteiger charge is -2.34. The molecule has 2 aliphatic carbocycles. The highest BCUT2D eigenvalue weighted by atomic mass is 19.3. The third-order valence-corrected chi connectivity index (χ3v) is 5.54. The number of nitriles is 1. The molecule has 2 aliphatic rings. The van der Waals surface area contributed by atoms with E-state index in [0.29, 0.717) is 13.0 Å². The standard InChI is InChI=1S/C18H20F2N4O/c19-18(20)7-6-15-14(9-18)8-17(12-21,23-24-22)16(15)11-25-10-13-4-2-1-3-5-13/h1-5,14-16H,6-11H2/t14-,15-,16+,17?/m1/s1. The first-order valence-corrected chi connectivity index (χ1v) is 8.47. The summed E-state index contributed by atoms with van der Waals surface area (Å²) in [6, 6.07) is 11.7. The van der Waals surface area contributed by atoms with Crippen LogP contribution >= 0.6 is 0 Å². The molecule has 25 heavy (non-hydrogen) atoms. The summed E-state index contributed by atoms with van der Waals surface area (Å²) in [5.74, 6) is -3.42. The maximum Gasteiger partial charge on any atom is 0.248 e. The van der Waals surface area contributed by atoms with Gasteiger partial charge in [0.25, 0.3) is 0 Å². The van der Waals surface area contributed by atoms with E-state index in [1.165, 1.54) is 0 Å². The maximum absolute atomic E-state index is 13.8. The summed E-state index contributed by atoms with van der Waals surface area (Å²) in [4.78, 5) is 2.83. The van der Waals surface area contributed by atoms with Crippen molar-refractivity contribution in [1.29, 1.82) is 5.26 Å². The van der Waals surface area contributed by atoms with Crippen LogP contribution in [-0.2, 0) is 11.3 Å². The van der Waals surface area contributed by atoms with Crippen LogP contribution in [0.3, 0.4) is 0 Å². The van der Waals surface area contributed by atoms with Crippen LogP contribution in [0.1, 0.15) is 31.2 Å². The van der Waals surface area contributed by atoms with E-state index in [2.05, 4.69) is 16.1 Å². The zero-order valence-corrected chi connectivity index (χ0v) is 13.8. The number of halogens is 2. The third-order valence-electron chi connectivity index (χ3n) is 5.54. The van der Waals surface area contributed by atoms with Crippen LogP contribution in [-0.4, -0.2) is 18.1 Å². The van der Waals surface area contributed by atoms with E-state index in [4.69, 9.17) is 10.3 Å². The van der Waals surface area contributed by atoms with Crippen molar-refractivity contribution in [2.24, 2.45) is 22.9 Å². The first-order chi connectivity index (χ1) is 12.0. The SMILES string of the molecule is N#CC1(N=[N+]=[N-])C[C@@H]2CC(F)(F)CC[C@H]2[C@@H]1COCc1ccccc1. The van der Waals surface area contributed by atoms with Gasteiger partial charge in [-0.1, -0.05) is 35.4 Å². The fourth-order valence-corrected chi connectivity index (χ4v) is 4.39. The Morgan fingerprint density at radius 2 is 2.08 bits per heavy atom. The summed E-state index contributed by atoms with van der Waals surface area (Å²) < 4.78 is 33.3. The first kappa shape index (κ1) is 17.7. The molecule has 1 aromatic rings. The average Bonchev–Trinajstić information content (AvgIpc) is 2.88. The number of azide groups is 1. The first-order valence-electron chi connectivity index (χ1n) is 8.47. The highest BCUT2D eigenvalue weighted by Gasteiger charge is 2.57. The zero-order chi connectivity index (χ0) is 17.9. The van der Waals surface area contributed by atoms with Gasteiger partial charge in [0.1, 0.15) is 5.54 Å². The quantitative estimate of drug-likeness (QED) is 0.434. The minimum absolute atomic E-state index is 0.0689. The molecule has 1 aromatic carbocycles. The lowest BCUT2D eigenvalue weighted by molar-refractivity contribution is -0.0719. The molecule has 7 heteroatoms. The molecule has 0 N–H and O–H groups in total. The molecule has 0 amide bonds. The van der Waals surface area contributed by atoms with Gasteiger partial charge in [-0.25, -0.2) is 8.78 Å². The molecule has 0 saturated heterocycles. The van der Waals surface area contributed by atoms with Crippen molar-refractivity contribution >= 4 is 0 Å². The molecule has 0 bridgehead atoms. The number of benzene rings is 1. The Morgan fingerprint density at radius 1 is 1.32 bits per heavy atom. The Hall–Kier alpha value is -2.16. The number of ether oxygens (including phenoxy) is 1.